The van der Waals surface area contributed by atoms with Crippen LogP contribution in [0.3, 0.4) is 0 Å². The summed E-state index contributed by atoms with van der Waals surface area (Å²) in [6.07, 6.45) is 0.903. The summed E-state index contributed by atoms with van der Waals surface area (Å²) in [4.78, 5) is 23.1. The van der Waals surface area contributed by atoms with Gasteiger partial charge in [0.25, 0.3) is 0 Å². The number of hydrogen-bond donors (Lipinski definition) is 1. The SMILES string of the molecule is CCCNC(=O)CSCC(=O)c1ccc(C#N)cc1. The average molecular weight is 276 g/mol. The van der Waals surface area contributed by atoms with Gasteiger partial charge in [0.05, 0.1) is 23.1 Å². The van der Waals surface area contributed by atoms with Gasteiger partial charge in [0.1, 0.15) is 0 Å². The lowest BCUT2D eigenvalue weighted by Gasteiger charge is -2.03. The Morgan fingerprint density at radius 1 is 1.26 bits per heavy atom. The molecule has 0 fully saturated rings. The molecule has 4 nitrogen and oxygen atoms in total. The molecule has 0 heterocycles. The van der Waals surface area contributed by atoms with E-state index in [1.165, 1.54) is 11.8 Å². The summed E-state index contributed by atoms with van der Waals surface area (Å²) in [6, 6.07) is 8.51. The van der Waals surface area contributed by atoms with Gasteiger partial charge in [-0.2, -0.15) is 5.26 Å². The first kappa shape index (κ1) is 15.3. The van der Waals surface area contributed by atoms with E-state index in [1.807, 2.05) is 13.0 Å². The number of nitrogens with one attached hydrogen (secondary N) is 1. The van der Waals surface area contributed by atoms with Crippen molar-refractivity contribution in [1.29, 1.82) is 5.26 Å². The average Bonchev–Trinajstić information content (AvgIpc) is 2.45. The lowest BCUT2D eigenvalue weighted by molar-refractivity contribution is -0.118. The molecule has 0 radical (unpaired) electrons. The van der Waals surface area contributed by atoms with Crippen LogP contribution >= 0.6 is 11.8 Å². The molecule has 5 heteroatoms. The van der Waals surface area contributed by atoms with E-state index in [4.69, 9.17) is 5.26 Å². The monoisotopic (exact) mass is 276 g/mol. The van der Waals surface area contributed by atoms with Gasteiger partial charge in [-0.3, -0.25) is 9.59 Å². The Balaban J connectivity index is 2.35. The highest BCUT2D eigenvalue weighted by molar-refractivity contribution is 8.00. The van der Waals surface area contributed by atoms with Crippen molar-refractivity contribution in [3.05, 3.63) is 35.4 Å². The highest BCUT2D eigenvalue weighted by Gasteiger charge is 2.07. The molecule has 0 aliphatic heterocycles. The Bertz CT molecular complexity index is 477. The zero-order valence-electron chi connectivity index (χ0n) is 10.8. The van der Waals surface area contributed by atoms with Crippen LogP contribution in [0.25, 0.3) is 0 Å². The number of rotatable bonds is 7. The van der Waals surface area contributed by atoms with Crippen LogP contribution in [0.1, 0.15) is 29.3 Å². The summed E-state index contributed by atoms with van der Waals surface area (Å²) < 4.78 is 0. The summed E-state index contributed by atoms with van der Waals surface area (Å²) in [5.74, 6) is 0.491. The van der Waals surface area contributed by atoms with Crippen molar-refractivity contribution in [1.82, 2.24) is 5.32 Å². The number of thioether (sulfide) groups is 1. The third kappa shape index (κ3) is 5.58. The molecule has 0 aliphatic rings. The van der Waals surface area contributed by atoms with Gasteiger partial charge in [-0.25, -0.2) is 0 Å². The van der Waals surface area contributed by atoms with Crippen LogP contribution in [0.4, 0.5) is 0 Å². The molecule has 0 bridgehead atoms. The first-order chi connectivity index (χ1) is 9.17. The van der Waals surface area contributed by atoms with Crippen LogP contribution in [0.15, 0.2) is 24.3 Å². The summed E-state index contributed by atoms with van der Waals surface area (Å²) in [5.41, 5.74) is 1.10. The predicted octanol–water partition coefficient (Wildman–Crippen LogP) is 2.00. The molecule has 1 aromatic carbocycles. The van der Waals surface area contributed by atoms with E-state index >= 15 is 0 Å². The standard InChI is InChI=1S/C14H16N2O2S/c1-2-7-16-14(18)10-19-9-13(17)12-5-3-11(8-15)4-6-12/h3-6H,2,7,9-10H2,1H3,(H,16,18). The zero-order chi connectivity index (χ0) is 14.1. The van der Waals surface area contributed by atoms with E-state index in [0.717, 1.165) is 6.42 Å². The van der Waals surface area contributed by atoms with Crippen LogP contribution in [-0.4, -0.2) is 29.7 Å². The van der Waals surface area contributed by atoms with E-state index in [-0.39, 0.29) is 17.4 Å². The van der Waals surface area contributed by atoms with Crippen molar-refractivity contribution in [2.75, 3.05) is 18.1 Å². The van der Waals surface area contributed by atoms with Crippen molar-refractivity contribution >= 4 is 23.5 Å². The maximum Gasteiger partial charge on any atom is 0.230 e. The number of Topliss-reactive ketones (excluding diaryl/α,β-unsaturated/α-hetero) is 1. The van der Waals surface area contributed by atoms with E-state index in [0.29, 0.717) is 23.4 Å². The summed E-state index contributed by atoms with van der Waals surface area (Å²) >= 11 is 1.30. The van der Waals surface area contributed by atoms with Gasteiger partial charge in [0, 0.05) is 12.1 Å². The molecule has 0 saturated carbocycles. The van der Waals surface area contributed by atoms with Gasteiger partial charge in [-0.05, 0) is 18.6 Å². The smallest absolute Gasteiger partial charge is 0.230 e. The Labute approximate surface area is 117 Å². The molecular weight excluding hydrogens is 260 g/mol. The van der Waals surface area contributed by atoms with E-state index in [2.05, 4.69) is 5.32 Å². The fourth-order valence-corrected chi connectivity index (χ4v) is 2.11. The number of nitriles is 1. The van der Waals surface area contributed by atoms with Gasteiger partial charge in [0.15, 0.2) is 5.78 Å². The van der Waals surface area contributed by atoms with Gasteiger partial charge >= 0.3 is 0 Å². The maximum absolute atomic E-state index is 11.8. The lowest BCUT2D eigenvalue weighted by atomic mass is 10.1. The summed E-state index contributed by atoms with van der Waals surface area (Å²) in [7, 11) is 0. The highest BCUT2D eigenvalue weighted by atomic mass is 32.2. The van der Waals surface area contributed by atoms with Crippen LogP contribution < -0.4 is 5.32 Å². The summed E-state index contributed by atoms with van der Waals surface area (Å²) in [6.45, 7) is 2.66. The van der Waals surface area contributed by atoms with Gasteiger partial charge in [0.2, 0.25) is 5.91 Å². The summed E-state index contributed by atoms with van der Waals surface area (Å²) in [5, 5.41) is 11.4. The number of carbonyl (C=O) groups is 2. The molecule has 0 unspecified atom stereocenters. The van der Waals surface area contributed by atoms with Crippen molar-refractivity contribution in [2.45, 2.75) is 13.3 Å². The molecule has 1 aromatic rings. The molecular formula is C14H16N2O2S. The van der Waals surface area contributed by atoms with E-state index in [1.54, 1.807) is 24.3 Å². The molecule has 0 aliphatic carbocycles. The third-order valence-corrected chi connectivity index (χ3v) is 3.31. The van der Waals surface area contributed by atoms with Crippen LogP contribution in [0.5, 0.6) is 0 Å². The molecule has 0 atom stereocenters. The number of amides is 1. The minimum Gasteiger partial charge on any atom is -0.355 e. The second-order valence-corrected chi connectivity index (χ2v) is 4.94. The molecule has 100 valence electrons. The number of carbonyl (C=O) groups excluding carboxylic acids is 2. The topological polar surface area (TPSA) is 70.0 Å². The number of nitrogens with zero attached hydrogens (tertiary/aromatic N) is 1. The van der Waals surface area contributed by atoms with E-state index in [9.17, 15) is 9.59 Å². The maximum atomic E-state index is 11.8. The minimum absolute atomic E-state index is 0.0298. The Kier molecular flexibility index (Phi) is 6.69. The lowest BCUT2D eigenvalue weighted by Crippen LogP contribution is -2.26. The number of benzene rings is 1. The predicted molar refractivity (Wildman–Crippen MR) is 76.1 cm³/mol. The Hall–Kier alpha value is -1.80. The molecule has 0 spiro atoms. The molecule has 19 heavy (non-hydrogen) atoms. The van der Waals surface area contributed by atoms with Crippen LogP contribution in [-0.2, 0) is 4.79 Å². The van der Waals surface area contributed by atoms with Crippen molar-refractivity contribution in [2.24, 2.45) is 0 Å². The van der Waals surface area contributed by atoms with Crippen molar-refractivity contribution < 1.29 is 9.59 Å². The van der Waals surface area contributed by atoms with Crippen LogP contribution in [0.2, 0.25) is 0 Å². The molecule has 1 rings (SSSR count). The first-order valence-electron chi connectivity index (χ1n) is 6.05. The van der Waals surface area contributed by atoms with E-state index < -0.39 is 0 Å². The van der Waals surface area contributed by atoms with Crippen molar-refractivity contribution in [3.63, 3.8) is 0 Å². The fourth-order valence-electron chi connectivity index (χ4n) is 1.37. The van der Waals surface area contributed by atoms with Gasteiger partial charge in [-0.15, -0.1) is 11.8 Å². The number of ketones is 1. The molecule has 1 amide bonds. The fraction of sp³-hybridized carbons (Fsp3) is 0.357. The number of hydrogen-bond acceptors (Lipinski definition) is 4. The quantitative estimate of drug-likeness (QED) is 0.773. The Morgan fingerprint density at radius 2 is 1.95 bits per heavy atom. The molecule has 1 N–H and O–H groups in total. The van der Waals surface area contributed by atoms with Crippen LogP contribution in [0, 0.1) is 11.3 Å². The second-order valence-electron chi connectivity index (χ2n) is 3.96. The van der Waals surface area contributed by atoms with Gasteiger partial charge < -0.3 is 5.32 Å². The van der Waals surface area contributed by atoms with Gasteiger partial charge in [-0.1, -0.05) is 19.1 Å². The second kappa shape index (κ2) is 8.33. The van der Waals surface area contributed by atoms with Crippen molar-refractivity contribution in [3.8, 4) is 6.07 Å². The molecule has 0 saturated heterocycles. The molecule has 0 aromatic heterocycles. The normalized spacial score (nSPS) is 9.68. The first-order valence-corrected chi connectivity index (χ1v) is 7.20. The minimum atomic E-state index is -0.0421. The zero-order valence-corrected chi connectivity index (χ0v) is 11.6. The largest absolute Gasteiger partial charge is 0.355 e. The Morgan fingerprint density at radius 3 is 2.53 bits per heavy atom. The third-order valence-electron chi connectivity index (χ3n) is 2.37. The highest BCUT2D eigenvalue weighted by Crippen LogP contribution is 2.08.